The minimum absolute atomic E-state index is 0.0450. The number of hydrogen-bond donors (Lipinski definition) is 8. The Balaban J connectivity index is 1.36. The molecule has 17 nitrogen and oxygen atoms in total. The minimum atomic E-state index is -1.97. The molecule has 3 aromatic rings. The summed E-state index contributed by atoms with van der Waals surface area (Å²) in [6.07, 6.45) is -4.99. The number of carboxylic acid groups (broad SMARTS) is 2. The third-order valence-corrected chi connectivity index (χ3v) is 16.4. The Morgan fingerprint density at radius 1 is 0.621 bits per heavy atom. The van der Waals surface area contributed by atoms with Gasteiger partial charge in [0.15, 0.2) is 0 Å². The second kappa shape index (κ2) is 15.8. The van der Waals surface area contributed by atoms with E-state index in [-0.39, 0.29) is 25.9 Å². The van der Waals surface area contributed by atoms with Crippen molar-refractivity contribution in [1.29, 1.82) is 0 Å². The van der Waals surface area contributed by atoms with E-state index >= 15 is 9.59 Å². The highest BCUT2D eigenvalue weighted by Gasteiger charge is 2.71. The number of primary amides is 2. The van der Waals surface area contributed by atoms with Crippen LogP contribution in [0.4, 0.5) is 19.7 Å². The molecule has 0 spiro atoms. The number of rotatable bonds is 9. The predicted molar refractivity (Wildman–Crippen MR) is 237 cm³/mol. The van der Waals surface area contributed by atoms with E-state index in [0.29, 0.717) is 34.4 Å². The Morgan fingerprint density at radius 2 is 1.05 bits per heavy atom. The van der Waals surface area contributed by atoms with Crippen LogP contribution in [0.5, 0.6) is 0 Å². The van der Waals surface area contributed by atoms with Crippen molar-refractivity contribution >= 4 is 41.5 Å². The first-order valence-electron chi connectivity index (χ1n) is 22.2. The van der Waals surface area contributed by atoms with E-state index in [1.165, 1.54) is 12.1 Å². The van der Waals surface area contributed by atoms with Crippen LogP contribution in [-0.4, -0.2) is 115 Å². The Labute approximate surface area is 381 Å². The van der Waals surface area contributed by atoms with Crippen LogP contribution in [0, 0.1) is 22.6 Å². The number of hydrogen-bond acceptors (Lipinski definition) is 11. The number of carbonyl (C=O) groups is 6. The average molecular weight is 912 g/mol. The van der Waals surface area contributed by atoms with Crippen molar-refractivity contribution in [2.75, 3.05) is 18.0 Å². The largest absolute Gasteiger partial charge is 0.465 e. The van der Waals surface area contributed by atoms with Gasteiger partial charge in [-0.25, -0.2) is 14.0 Å². The van der Waals surface area contributed by atoms with Crippen LogP contribution in [0.2, 0.25) is 0 Å². The Hall–Kier alpha value is -5.95. The van der Waals surface area contributed by atoms with Crippen LogP contribution in [0.3, 0.4) is 0 Å². The topological polar surface area (TPSA) is 269 Å². The van der Waals surface area contributed by atoms with Gasteiger partial charge in [0.05, 0.1) is 29.6 Å². The zero-order valence-corrected chi connectivity index (χ0v) is 37.7. The number of anilines is 1. The maximum Gasteiger partial charge on any atom is 0.411 e. The molecule has 3 saturated heterocycles. The summed E-state index contributed by atoms with van der Waals surface area (Å²) in [6.45, 7) is 10.4. The number of imide groups is 2. The summed E-state index contributed by atoms with van der Waals surface area (Å²) in [5, 5.41) is 48.3. The zero-order valence-electron chi connectivity index (χ0n) is 37.7. The Kier molecular flexibility index (Phi) is 11.2. The fourth-order valence-electron chi connectivity index (χ4n) is 13.9. The van der Waals surface area contributed by atoms with Gasteiger partial charge in [-0.2, -0.15) is 0 Å². The monoisotopic (exact) mass is 911 g/mol. The molecule has 0 saturated carbocycles. The molecule has 3 unspecified atom stereocenters. The minimum Gasteiger partial charge on any atom is -0.465 e. The highest BCUT2D eigenvalue weighted by Crippen LogP contribution is 2.62. The van der Waals surface area contributed by atoms with Crippen molar-refractivity contribution in [2.45, 2.75) is 120 Å². The number of fused-ring (bicyclic) bond motifs is 8. The lowest BCUT2D eigenvalue weighted by atomic mass is 9.59. The molecule has 4 aliphatic carbocycles. The van der Waals surface area contributed by atoms with Crippen molar-refractivity contribution in [3.63, 3.8) is 0 Å². The van der Waals surface area contributed by atoms with Crippen LogP contribution in [0.15, 0.2) is 72.8 Å². The molecule has 18 heteroatoms. The number of β-amino-alcohol motifs (C(OH)–C–C–N with tert-alkyl or cyclic N) is 2. The van der Waals surface area contributed by atoms with Gasteiger partial charge < -0.3 is 36.8 Å². The number of carbonyl (C=O) groups excluding carboxylic acids is 4. The molecular formula is C48H58FN7O10. The summed E-state index contributed by atoms with van der Waals surface area (Å²) < 4.78 is 15.0. The summed E-state index contributed by atoms with van der Waals surface area (Å²) in [5.41, 5.74) is 6.53. The van der Waals surface area contributed by atoms with Gasteiger partial charge in [-0.15, -0.1) is 0 Å². The zero-order chi connectivity index (χ0) is 48.2. The van der Waals surface area contributed by atoms with Gasteiger partial charge in [0.1, 0.15) is 16.9 Å². The molecule has 3 aromatic carbocycles. The predicted octanol–water partition coefficient (Wildman–Crippen LogP) is 3.27. The number of nitrogens with two attached hydrogens (primary N) is 2. The van der Waals surface area contributed by atoms with Crippen molar-refractivity contribution in [2.24, 2.45) is 28.2 Å². The SMILES string of the molecule is CC1C[C@@H]([C@@H]2C[C@H](O)CN2[C@]2(C(=O)NC(=O)O)c3ccc(cc3)C(C(N)=O)C2(C)C)N(c2ccc(F)cc2)[C@]1(C)[C@@H]1C[C@H](O)CN1[C@]1(C(=O)NC(=O)O)c2ccc(cc2)C(C(N)=O)C1(C)C. The number of likely N-dealkylation sites (tertiary alicyclic amines) is 2. The van der Waals surface area contributed by atoms with Gasteiger partial charge in [-0.3, -0.25) is 39.6 Å². The number of nitrogens with one attached hydrogen (secondary N) is 2. The number of amides is 6. The first kappa shape index (κ1) is 46.6. The van der Waals surface area contributed by atoms with E-state index in [0.717, 1.165) is 0 Å². The molecule has 3 aliphatic heterocycles. The van der Waals surface area contributed by atoms with Gasteiger partial charge >= 0.3 is 12.2 Å². The maximum atomic E-state index is 15.1. The van der Waals surface area contributed by atoms with Gasteiger partial charge in [-0.05, 0) is 78.6 Å². The molecule has 3 fully saturated rings. The molecule has 7 aliphatic rings. The molecule has 10 rings (SSSR count). The molecule has 0 radical (unpaired) electrons. The number of nitrogens with zero attached hydrogens (tertiary/aromatic N) is 3. The summed E-state index contributed by atoms with van der Waals surface area (Å²) in [7, 11) is 0. The highest BCUT2D eigenvalue weighted by molar-refractivity contribution is 6.01. The summed E-state index contributed by atoms with van der Waals surface area (Å²) in [6, 6.07) is 16.9. The second-order valence-corrected chi connectivity index (χ2v) is 20.2. The van der Waals surface area contributed by atoms with E-state index in [1.54, 1.807) is 98.2 Å². The van der Waals surface area contributed by atoms with E-state index in [9.17, 15) is 44.0 Å². The number of halogens is 1. The molecular weight excluding hydrogens is 854 g/mol. The van der Waals surface area contributed by atoms with Crippen molar-refractivity contribution in [1.82, 2.24) is 20.4 Å². The fourth-order valence-corrected chi connectivity index (χ4v) is 13.9. The van der Waals surface area contributed by atoms with Crippen LogP contribution < -0.4 is 27.0 Å². The standard InChI is InChI=1S/C48H58FN7O10/c1-24-19-34(33-20-31(57)22-54(33)47(40(61)52-42(63)64)27-11-7-25(8-12-27)36(38(50)59)44(47,2)3)56(30-17-15-29(49)16-18-30)46(24,6)35-21-32(58)23-55(35)48(41(62)53-43(65)66)28-13-9-26(10-14-28)37(39(51)60)45(48,4)5/h7-18,24,31-37,57-58H,19-23H2,1-6H3,(H2,50,59)(H2,51,60)(H,52,61)(H,53,62)(H,63,64)(H,65,66)/t24?,31-,32-,33-,34-,35-,36?,37?,46-,47-,48-/m0/s1. The van der Waals surface area contributed by atoms with E-state index < -0.39 is 117 Å². The fraction of sp³-hybridized carbons (Fsp3) is 0.500. The molecule has 6 amide bonds. The normalized spacial score (nSPS) is 34.4. The van der Waals surface area contributed by atoms with E-state index in [4.69, 9.17) is 11.5 Å². The third-order valence-electron chi connectivity index (χ3n) is 16.4. The third kappa shape index (κ3) is 6.38. The number of aliphatic hydroxyl groups excluding tert-OH is 2. The molecule has 352 valence electrons. The Morgan fingerprint density at radius 3 is 1.48 bits per heavy atom. The van der Waals surface area contributed by atoms with Crippen LogP contribution in [-0.2, 0) is 30.3 Å². The average Bonchev–Trinajstić information content (AvgIpc) is 3.80. The molecule has 3 heterocycles. The van der Waals surface area contributed by atoms with E-state index in [1.807, 2.05) is 13.8 Å². The van der Waals surface area contributed by atoms with Gasteiger partial charge in [0, 0.05) is 47.7 Å². The lowest BCUT2D eigenvalue weighted by Gasteiger charge is -2.58. The lowest BCUT2D eigenvalue weighted by molar-refractivity contribution is -0.152. The van der Waals surface area contributed by atoms with Crippen molar-refractivity contribution < 1.29 is 53.6 Å². The molecule has 11 atom stereocenters. The smallest absolute Gasteiger partial charge is 0.411 e. The quantitative estimate of drug-likeness (QED) is 0.153. The second-order valence-electron chi connectivity index (χ2n) is 20.2. The lowest BCUT2D eigenvalue weighted by Crippen LogP contribution is -2.72. The highest BCUT2D eigenvalue weighted by atomic mass is 19.1. The van der Waals surface area contributed by atoms with Crippen LogP contribution in [0.1, 0.15) is 94.9 Å². The van der Waals surface area contributed by atoms with Crippen molar-refractivity contribution in [3.05, 3.63) is 101 Å². The summed E-state index contributed by atoms with van der Waals surface area (Å²) in [5.74, 6) is -6.56. The van der Waals surface area contributed by atoms with Gasteiger partial charge in [0.2, 0.25) is 11.8 Å². The van der Waals surface area contributed by atoms with E-state index in [2.05, 4.69) is 15.5 Å². The van der Waals surface area contributed by atoms with Gasteiger partial charge in [0.25, 0.3) is 11.8 Å². The maximum absolute atomic E-state index is 15.1. The van der Waals surface area contributed by atoms with Crippen LogP contribution in [0.25, 0.3) is 0 Å². The summed E-state index contributed by atoms with van der Waals surface area (Å²) in [4.78, 5) is 87.9. The van der Waals surface area contributed by atoms with Crippen LogP contribution >= 0.6 is 0 Å². The molecule has 66 heavy (non-hydrogen) atoms. The first-order chi connectivity index (χ1) is 30.9. The Bertz CT molecular complexity index is 2490. The first-order valence-corrected chi connectivity index (χ1v) is 22.2. The number of aliphatic hydroxyl groups is 2. The number of benzene rings is 3. The van der Waals surface area contributed by atoms with Gasteiger partial charge in [-0.1, -0.05) is 83.1 Å². The van der Waals surface area contributed by atoms with Crippen molar-refractivity contribution in [3.8, 4) is 0 Å². The molecule has 0 aromatic heterocycles. The molecule has 4 bridgehead atoms. The summed E-state index contributed by atoms with van der Waals surface area (Å²) >= 11 is 0. The molecule has 10 N–H and O–H groups in total.